The summed E-state index contributed by atoms with van der Waals surface area (Å²) in [5.74, 6) is -3.02. The lowest BCUT2D eigenvalue weighted by atomic mass is 9.96. The van der Waals surface area contributed by atoms with E-state index in [2.05, 4.69) is 5.32 Å². The summed E-state index contributed by atoms with van der Waals surface area (Å²) in [6, 6.07) is 5.90. The molecular weight excluding hydrogens is 315 g/mol. The number of hydrogen-bond donors (Lipinski definition) is 2. The molecule has 7 heteroatoms. The number of anilines is 1. The van der Waals surface area contributed by atoms with Crippen molar-refractivity contribution in [2.75, 3.05) is 11.4 Å². The van der Waals surface area contributed by atoms with Gasteiger partial charge in [0.05, 0.1) is 11.6 Å². The van der Waals surface area contributed by atoms with Gasteiger partial charge in [0.25, 0.3) is 0 Å². The first kappa shape index (κ1) is 16.4. The van der Waals surface area contributed by atoms with Crippen LogP contribution in [0, 0.1) is 11.7 Å². The quantitative estimate of drug-likeness (QED) is 0.877. The van der Waals surface area contributed by atoms with Crippen molar-refractivity contribution in [2.24, 2.45) is 5.92 Å². The van der Waals surface area contributed by atoms with Crippen LogP contribution in [0.4, 0.5) is 10.1 Å². The summed E-state index contributed by atoms with van der Waals surface area (Å²) >= 11 is 0. The summed E-state index contributed by atoms with van der Waals surface area (Å²) < 4.78 is 13.9. The molecule has 2 amide bonds. The van der Waals surface area contributed by atoms with E-state index < -0.39 is 29.2 Å². The maximum atomic E-state index is 13.9. The van der Waals surface area contributed by atoms with Crippen LogP contribution in [0.2, 0.25) is 0 Å². The van der Waals surface area contributed by atoms with Gasteiger partial charge in [0.15, 0.2) is 0 Å². The number of carbonyl (C=O) groups is 3. The van der Waals surface area contributed by atoms with Crippen molar-refractivity contribution in [3.05, 3.63) is 30.1 Å². The molecule has 128 valence electrons. The number of carboxylic acids is 1. The molecule has 1 heterocycles. The van der Waals surface area contributed by atoms with E-state index in [1.165, 1.54) is 23.1 Å². The Morgan fingerprint density at radius 2 is 1.92 bits per heavy atom. The van der Waals surface area contributed by atoms with Gasteiger partial charge in [0.1, 0.15) is 11.4 Å². The van der Waals surface area contributed by atoms with Gasteiger partial charge >= 0.3 is 5.97 Å². The van der Waals surface area contributed by atoms with Crippen molar-refractivity contribution < 1.29 is 23.9 Å². The minimum atomic E-state index is -1.23. The second-order valence-corrected chi connectivity index (χ2v) is 6.44. The molecule has 2 N–H and O–H groups in total. The fourth-order valence-corrected chi connectivity index (χ4v) is 3.50. The third-order valence-electron chi connectivity index (χ3n) is 4.87. The van der Waals surface area contributed by atoms with Crippen LogP contribution < -0.4 is 10.2 Å². The molecule has 0 aromatic heterocycles. The monoisotopic (exact) mass is 334 g/mol. The van der Waals surface area contributed by atoms with Gasteiger partial charge in [0.2, 0.25) is 11.8 Å². The minimum Gasteiger partial charge on any atom is -0.480 e. The second kappa shape index (κ2) is 6.22. The number of rotatable bonds is 4. The predicted molar refractivity (Wildman–Crippen MR) is 83.8 cm³/mol. The van der Waals surface area contributed by atoms with Crippen molar-refractivity contribution in [3.63, 3.8) is 0 Å². The zero-order chi connectivity index (χ0) is 17.3. The lowest BCUT2D eigenvalue weighted by molar-refractivity contribution is -0.148. The summed E-state index contributed by atoms with van der Waals surface area (Å²) in [5.41, 5.74) is -1.09. The van der Waals surface area contributed by atoms with Crippen LogP contribution in [0.3, 0.4) is 0 Å². The van der Waals surface area contributed by atoms with Crippen molar-refractivity contribution in [1.29, 1.82) is 0 Å². The first-order chi connectivity index (χ1) is 11.4. The molecule has 0 bridgehead atoms. The SMILES string of the molecule is O=C(NC1(C(=O)O)CCCC1)C1CC(=O)N(c2ccccc2F)C1. The number of amides is 2. The third-order valence-corrected chi connectivity index (χ3v) is 4.87. The average Bonchev–Trinajstić information content (AvgIpc) is 3.16. The summed E-state index contributed by atoms with van der Waals surface area (Å²) in [6.07, 6.45) is 2.24. The molecule has 1 aromatic carbocycles. The fraction of sp³-hybridized carbons (Fsp3) is 0.471. The van der Waals surface area contributed by atoms with Crippen LogP contribution in [-0.4, -0.2) is 35.0 Å². The van der Waals surface area contributed by atoms with Gasteiger partial charge in [-0.1, -0.05) is 25.0 Å². The van der Waals surface area contributed by atoms with Crippen molar-refractivity contribution >= 4 is 23.5 Å². The highest BCUT2D eigenvalue weighted by Gasteiger charge is 2.45. The zero-order valence-electron chi connectivity index (χ0n) is 13.1. The van der Waals surface area contributed by atoms with Crippen molar-refractivity contribution in [1.82, 2.24) is 5.32 Å². The molecule has 24 heavy (non-hydrogen) atoms. The van der Waals surface area contributed by atoms with E-state index in [1.807, 2.05) is 0 Å². The highest BCUT2D eigenvalue weighted by molar-refractivity contribution is 6.01. The van der Waals surface area contributed by atoms with Gasteiger partial charge < -0.3 is 15.3 Å². The first-order valence-corrected chi connectivity index (χ1v) is 8.03. The van der Waals surface area contributed by atoms with E-state index in [0.29, 0.717) is 12.8 Å². The maximum Gasteiger partial charge on any atom is 0.329 e. The second-order valence-electron chi connectivity index (χ2n) is 6.44. The summed E-state index contributed by atoms with van der Waals surface area (Å²) in [7, 11) is 0. The maximum absolute atomic E-state index is 13.9. The molecule has 0 radical (unpaired) electrons. The molecule has 3 rings (SSSR count). The molecule has 1 aliphatic heterocycles. The van der Waals surface area contributed by atoms with Crippen LogP contribution in [0.5, 0.6) is 0 Å². The van der Waals surface area contributed by atoms with Gasteiger partial charge in [0, 0.05) is 13.0 Å². The van der Waals surface area contributed by atoms with Crippen LogP contribution in [-0.2, 0) is 14.4 Å². The normalized spacial score (nSPS) is 22.6. The van der Waals surface area contributed by atoms with Crippen LogP contribution in [0.1, 0.15) is 32.1 Å². The Bertz CT molecular complexity index is 685. The van der Waals surface area contributed by atoms with Crippen molar-refractivity contribution in [3.8, 4) is 0 Å². The number of nitrogens with zero attached hydrogens (tertiary/aromatic N) is 1. The molecule has 1 aliphatic carbocycles. The number of hydrogen-bond acceptors (Lipinski definition) is 3. The predicted octanol–water partition coefficient (Wildman–Crippen LogP) is 1.69. The average molecular weight is 334 g/mol. The number of nitrogens with one attached hydrogen (secondary N) is 1. The molecule has 1 saturated heterocycles. The van der Waals surface area contributed by atoms with Crippen LogP contribution >= 0.6 is 0 Å². The molecule has 1 atom stereocenters. The van der Waals surface area contributed by atoms with Gasteiger partial charge in [-0.15, -0.1) is 0 Å². The Kier molecular flexibility index (Phi) is 4.26. The number of para-hydroxylation sites is 1. The number of carbonyl (C=O) groups excluding carboxylic acids is 2. The molecule has 2 fully saturated rings. The van der Waals surface area contributed by atoms with Crippen LogP contribution in [0.15, 0.2) is 24.3 Å². The fourth-order valence-electron chi connectivity index (χ4n) is 3.50. The smallest absolute Gasteiger partial charge is 0.329 e. The van der Waals surface area contributed by atoms with E-state index in [0.717, 1.165) is 12.8 Å². The van der Waals surface area contributed by atoms with E-state index in [-0.39, 0.29) is 24.6 Å². The molecule has 1 aromatic rings. The molecule has 1 unspecified atom stereocenters. The Balaban J connectivity index is 1.73. The summed E-state index contributed by atoms with van der Waals surface area (Å²) in [6.45, 7) is 0.0568. The standard InChI is InChI=1S/C17H19FN2O4/c18-12-5-1-2-6-13(12)20-10-11(9-14(20)21)15(22)19-17(16(23)24)7-3-4-8-17/h1-2,5-6,11H,3-4,7-10H2,(H,19,22)(H,23,24). The molecule has 6 nitrogen and oxygen atoms in total. The van der Waals surface area contributed by atoms with E-state index in [4.69, 9.17) is 0 Å². The summed E-state index contributed by atoms with van der Waals surface area (Å²) in [4.78, 5) is 37.4. The lowest BCUT2D eigenvalue weighted by Crippen LogP contribution is -2.54. The van der Waals surface area contributed by atoms with E-state index >= 15 is 0 Å². The number of halogens is 1. The minimum absolute atomic E-state index is 0.0458. The zero-order valence-corrected chi connectivity index (χ0v) is 13.1. The third kappa shape index (κ3) is 2.86. The first-order valence-electron chi connectivity index (χ1n) is 8.03. The summed E-state index contributed by atoms with van der Waals surface area (Å²) in [5, 5.41) is 12.1. The van der Waals surface area contributed by atoms with Gasteiger partial charge in [-0.05, 0) is 25.0 Å². The Morgan fingerprint density at radius 3 is 2.54 bits per heavy atom. The number of benzene rings is 1. The Hall–Kier alpha value is -2.44. The Morgan fingerprint density at radius 1 is 1.25 bits per heavy atom. The molecule has 2 aliphatic rings. The Labute approximate surface area is 138 Å². The lowest BCUT2D eigenvalue weighted by Gasteiger charge is -2.27. The molecule has 1 saturated carbocycles. The van der Waals surface area contributed by atoms with E-state index in [1.54, 1.807) is 6.07 Å². The number of carboxylic acid groups (broad SMARTS) is 1. The highest BCUT2D eigenvalue weighted by atomic mass is 19.1. The van der Waals surface area contributed by atoms with Crippen molar-refractivity contribution in [2.45, 2.75) is 37.6 Å². The molecule has 0 spiro atoms. The van der Waals surface area contributed by atoms with E-state index in [9.17, 15) is 23.9 Å². The van der Waals surface area contributed by atoms with Crippen LogP contribution in [0.25, 0.3) is 0 Å². The molecular formula is C17H19FN2O4. The van der Waals surface area contributed by atoms with Gasteiger partial charge in [-0.25, -0.2) is 9.18 Å². The van der Waals surface area contributed by atoms with Gasteiger partial charge in [-0.3, -0.25) is 9.59 Å². The van der Waals surface area contributed by atoms with Gasteiger partial charge in [-0.2, -0.15) is 0 Å². The largest absolute Gasteiger partial charge is 0.480 e. The topological polar surface area (TPSA) is 86.7 Å². The highest BCUT2D eigenvalue weighted by Crippen LogP contribution is 2.32. The number of aliphatic carboxylic acids is 1.